The largest absolute Gasteiger partial charge is 0.463 e. The van der Waals surface area contributed by atoms with Gasteiger partial charge >= 0.3 is 18.0 Å². The first-order valence-corrected chi connectivity index (χ1v) is 9.67. The van der Waals surface area contributed by atoms with E-state index < -0.39 is 16.9 Å². The second-order valence-electron chi connectivity index (χ2n) is 9.57. The van der Waals surface area contributed by atoms with Crippen LogP contribution in [0.5, 0.6) is 0 Å². The molecule has 1 saturated heterocycles. The van der Waals surface area contributed by atoms with E-state index >= 15 is 0 Å². The zero-order chi connectivity index (χ0) is 21.7. The fourth-order valence-electron chi connectivity index (χ4n) is 2.46. The molecule has 1 heterocycles. The third-order valence-electron chi connectivity index (χ3n) is 4.34. The number of carbonyl (C=O) groups is 3. The maximum absolute atomic E-state index is 12.5. The lowest BCUT2D eigenvalue weighted by molar-refractivity contribution is -0.161. The number of likely N-dealkylation sites (N-methyl/N-ethyl adjacent to an activating group) is 1. The van der Waals surface area contributed by atoms with E-state index in [2.05, 4.69) is 0 Å². The van der Waals surface area contributed by atoms with Gasteiger partial charge in [0.2, 0.25) is 0 Å². The molecule has 2 atom stereocenters. The van der Waals surface area contributed by atoms with Gasteiger partial charge in [-0.2, -0.15) is 0 Å². The smallest absolute Gasteiger partial charge is 0.410 e. The highest BCUT2D eigenvalue weighted by molar-refractivity contribution is 5.76. The summed E-state index contributed by atoms with van der Waals surface area (Å²) < 4.78 is 16.0. The molecule has 0 saturated carbocycles. The first-order valence-electron chi connectivity index (χ1n) is 9.67. The number of likely N-dealkylation sites (tertiary alicyclic amines) is 1. The van der Waals surface area contributed by atoms with Crippen LogP contribution in [0.3, 0.4) is 0 Å². The van der Waals surface area contributed by atoms with Gasteiger partial charge in [0.15, 0.2) is 0 Å². The lowest BCUT2D eigenvalue weighted by Crippen LogP contribution is -2.62. The highest BCUT2D eigenvalue weighted by atomic mass is 16.6. The quantitative estimate of drug-likeness (QED) is 0.479. The average Bonchev–Trinajstić information content (AvgIpc) is 2.50. The Kier molecular flexibility index (Phi) is 8.29. The van der Waals surface area contributed by atoms with Crippen molar-refractivity contribution in [3.63, 3.8) is 0 Å². The van der Waals surface area contributed by atoms with Crippen molar-refractivity contribution in [3.05, 3.63) is 0 Å². The molecule has 0 aromatic carbocycles. The van der Waals surface area contributed by atoms with Crippen LogP contribution in [0.4, 0.5) is 4.79 Å². The normalized spacial score (nSPS) is 19.8. The first kappa shape index (κ1) is 24.2. The molecule has 0 radical (unpaired) electrons. The van der Waals surface area contributed by atoms with Crippen molar-refractivity contribution in [2.45, 2.75) is 60.0 Å². The number of nitrogens with zero attached hydrogens (tertiary/aromatic N) is 2. The Labute approximate surface area is 168 Å². The van der Waals surface area contributed by atoms with Gasteiger partial charge in [0.1, 0.15) is 19.8 Å². The molecule has 0 N–H and O–H groups in total. The maximum atomic E-state index is 12.5. The summed E-state index contributed by atoms with van der Waals surface area (Å²) in [5, 5.41) is 0. The average molecular weight is 401 g/mol. The van der Waals surface area contributed by atoms with Gasteiger partial charge in [0.25, 0.3) is 0 Å². The Morgan fingerprint density at radius 1 is 0.857 bits per heavy atom. The van der Waals surface area contributed by atoms with Crippen LogP contribution in [0.2, 0.25) is 0 Å². The summed E-state index contributed by atoms with van der Waals surface area (Å²) in [6.45, 7) is 11.7. The fraction of sp³-hybridized carbons (Fsp3) is 0.850. The van der Waals surface area contributed by atoms with Crippen LogP contribution in [0, 0.1) is 10.8 Å². The van der Waals surface area contributed by atoms with Crippen molar-refractivity contribution in [2.75, 3.05) is 40.5 Å². The highest BCUT2D eigenvalue weighted by Gasteiger charge is 2.44. The number of amides is 1. The molecule has 0 aromatic rings. The molecule has 1 aliphatic heterocycles. The monoisotopic (exact) mass is 400 g/mol. The summed E-state index contributed by atoms with van der Waals surface area (Å²) >= 11 is 0. The molecule has 0 bridgehead atoms. The lowest BCUT2D eigenvalue weighted by atomic mass is 9.93. The van der Waals surface area contributed by atoms with Gasteiger partial charge in [-0.25, -0.2) is 4.79 Å². The molecule has 8 nitrogen and oxygen atoms in total. The Morgan fingerprint density at radius 3 is 1.64 bits per heavy atom. The number of hydrogen-bond donors (Lipinski definition) is 0. The van der Waals surface area contributed by atoms with Crippen molar-refractivity contribution in [3.8, 4) is 0 Å². The van der Waals surface area contributed by atoms with E-state index in [0.717, 1.165) is 0 Å². The summed E-state index contributed by atoms with van der Waals surface area (Å²) in [6.07, 6.45) is 0.0965. The summed E-state index contributed by atoms with van der Waals surface area (Å²) in [4.78, 5) is 40.0. The fourth-order valence-corrected chi connectivity index (χ4v) is 2.46. The predicted molar refractivity (Wildman–Crippen MR) is 105 cm³/mol. The van der Waals surface area contributed by atoms with Gasteiger partial charge in [0, 0.05) is 6.54 Å². The Hall–Kier alpha value is -1.83. The van der Waals surface area contributed by atoms with Gasteiger partial charge < -0.3 is 19.1 Å². The molecule has 0 aromatic heterocycles. The molecule has 1 rings (SSSR count). The molecule has 1 aliphatic rings. The van der Waals surface area contributed by atoms with Crippen molar-refractivity contribution in [1.29, 1.82) is 0 Å². The molecule has 1 amide bonds. The minimum absolute atomic E-state index is 0.0998. The van der Waals surface area contributed by atoms with Gasteiger partial charge in [-0.3, -0.25) is 14.5 Å². The van der Waals surface area contributed by atoms with Crippen molar-refractivity contribution < 1.29 is 28.6 Å². The predicted octanol–water partition coefficient (Wildman–Crippen LogP) is 2.31. The SMILES string of the molecule is CN(C)CCOC(=O)N1[C@@H](COC(=O)C(C)(C)C)C[C@@H]1COC(=O)C(C)(C)C. The molecule has 8 heteroatoms. The molecule has 1 fully saturated rings. The van der Waals surface area contributed by atoms with E-state index in [9.17, 15) is 14.4 Å². The molecule has 0 spiro atoms. The highest BCUT2D eigenvalue weighted by Crippen LogP contribution is 2.29. The number of carbonyl (C=O) groups excluding carboxylic acids is 3. The molecule has 162 valence electrons. The third kappa shape index (κ3) is 7.30. The van der Waals surface area contributed by atoms with Gasteiger partial charge in [-0.05, 0) is 62.1 Å². The van der Waals surface area contributed by atoms with Crippen LogP contribution < -0.4 is 0 Å². The summed E-state index contributed by atoms with van der Waals surface area (Å²) in [6, 6.07) is -0.562. The lowest BCUT2D eigenvalue weighted by Gasteiger charge is -2.47. The number of rotatable bonds is 7. The van der Waals surface area contributed by atoms with E-state index in [0.29, 0.717) is 13.0 Å². The van der Waals surface area contributed by atoms with Crippen molar-refractivity contribution >= 4 is 18.0 Å². The van der Waals surface area contributed by atoms with Crippen LogP contribution in [0.25, 0.3) is 0 Å². The summed E-state index contributed by atoms with van der Waals surface area (Å²) in [5.41, 5.74) is -1.22. The van der Waals surface area contributed by atoms with E-state index in [1.165, 1.54) is 4.90 Å². The van der Waals surface area contributed by atoms with Crippen molar-refractivity contribution in [1.82, 2.24) is 9.80 Å². The molecular weight excluding hydrogens is 364 g/mol. The Morgan fingerprint density at radius 2 is 1.29 bits per heavy atom. The Balaban J connectivity index is 2.67. The number of esters is 2. The zero-order valence-corrected chi connectivity index (χ0v) is 18.5. The topological polar surface area (TPSA) is 85.4 Å². The second-order valence-corrected chi connectivity index (χ2v) is 9.57. The van der Waals surface area contributed by atoms with E-state index in [1.54, 1.807) is 41.5 Å². The van der Waals surface area contributed by atoms with E-state index in [1.807, 2.05) is 19.0 Å². The first-order chi connectivity index (χ1) is 12.7. The molecule has 28 heavy (non-hydrogen) atoms. The maximum Gasteiger partial charge on any atom is 0.410 e. The zero-order valence-electron chi connectivity index (χ0n) is 18.5. The molecular formula is C20H36N2O6. The molecule has 0 aliphatic carbocycles. The number of hydrogen-bond acceptors (Lipinski definition) is 7. The van der Waals surface area contributed by atoms with Crippen LogP contribution in [0.15, 0.2) is 0 Å². The van der Waals surface area contributed by atoms with E-state index in [-0.39, 0.29) is 43.8 Å². The Bertz CT molecular complexity index is 526. The van der Waals surface area contributed by atoms with Gasteiger partial charge in [0.05, 0.1) is 22.9 Å². The molecule has 0 unspecified atom stereocenters. The summed E-state index contributed by atoms with van der Waals surface area (Å²) in [7, 11) is 3.78. The van der Waals surface area contributed by atoms with E-state index in [4.69, 9.17) is 14.2 Å². The van der Waals surface area contributed by atoms with Crippen LogP contribution in [-0.2, 0) is 23.8 Å². The van der Waals surface area contributed by atoms with Gasteiger partial charge in [-0.1, -0.05) is 0 Å². The minimum atomic E-state index is -0.609. The van der Waals surface area contributed by atoms with Crippen LogP contribution >= 0.6 is 0 Å². The second kappa shape index (κ2) is 9.58. The van der Waals surface area contributed by atoms with Crippen molar-refractivity contribution in [2.24, 2.45) is 10.8 Å². The number of ether oxygens (including phenoxy) is 3. The standard InChI is InChI=1S/C20H36N2O6/c1-19(2,3)16(23)27-12-14-11-15(13-28-17(24)20(4,5)6)22(14)18(25)26-10-9-21(7)8/h14-15H,9-13H2,1-8H3/t14-,15-/m1/s1. The minimum Gasteiger partial charge on any atom is -0.463 e. The summed E-state index contributed by atoms with van der Waals surface area (Å²) in [5.74, 6) is -0.646. The van der Waals surface area contributed by atoms with Crippen LogP contribution in [-0.4, -0.2) is 80.4 Å². The van der Waals surface area contributed by atoms with Gasteiger partial charge in [-0.15, -0.1) is 0 Å². The van der Waals surface area contributed by atoms with Crippen LogP contribution in [0.1, 0.15) is 48.0 Å². The third-order valence-corrected chi connectivity index (χ3v) is 4.34.